The van der Waals surface area contributed by atoms with Gasteiger partial charge in [0.05, 0.1) is 25.1 Å². The molecule has 5 nitrogen and oxygen atoms in total. The minimum absolute atomic E-state index is 0.186. The van der Waals surface area contributed by atoms with Crippen LogP contribution >= 0.6 is 0 Å². The lowest BCUT2D eigenvalue weighted by molar-refractivity contribution is 0.0678. The number of nitrogens with zero attached hydrogens (tertiary/aromatic N) is 2. The number of carbonyl (C=O) groups excluding carboxylic acids is 1. The molecule has 3 aromatic rings. The number of benzene rings is 2. The lowest BCUT2D eigenvalue weighted by Crippen LogP contribution is -2.26. The van der Waals surface area contributed by atoms with E-state index in [1.807, 2.05) is 54.6 Å². The minimum Gasteiger partial charge on any atom is -0.497 e. The Kier molecular flexibility index (Phi) is 4.27. The molecule has 5 heteroatoms. The number of amides is 1. The molecule has 0 bridgehead atoms. The Morgan fingerprint density at radius 1 is 1.08 bits per heavy atom. The maximum absolute atomic E-state index is 12.9. The molecule has 26 heavy (non-hydrogen) atoms. The van der Waals surface area contributed by atoms with Crippen LogP contribution in [0.2, 0.25) is 0 Å². The largest absolute Gasteiger partial charge is 0.497 e. The highest BCUT2D eigenvalue weighted by Gasteiger charge is 2.34. The van der Waals surface area contributed by atoms with Gasteiger partial charge in [-0.3, -0.25) is 4.79 Å². The third-order valence-electron chi connectivity index (χ3n) is 4.46. The summed E-state index contributed by atoms with van der Waals surface area (Å²) in [6.45, 7) is 0. The molecule has 0 N–H and O–H groups in total. The van der Waals surface area contributed by atoms with Crippen LogP contribution in [0.4, 0.5) is 0 Å². The summed E-state index contributed by atoms with van der Waals surface area (Å²) in [5.41, 5.74) is 2.90. The summed E-state index contributed by atoms with van der Waals surface area (Å²) in [5, 5.41) is 6.14. The monoisotopic (exact) mass is 346 g/mol. The summed E-state index contributed by atoms with van der Waals surface area (Å²) >= 11 is 0. The number of hydrogen-bond donors (Lipinski definition) is 0. The van der Waals surface area contributed by atoms with E-state index >= 15 is 0 Å². The third-order valence-corrected chi connectivity index (χ3v) is 4.46. The van der Waals surface area contributed by atoms with Crippen LogP contribution in [0.1, 0.15) is 34.1 Å². The first-order chi connectivity index (χ1) is 12.8. The Balaban J connectivity index is 1.70. The number of methoxy groups -OCH3 is 1. The molecule has 0 saturated heterocycles. The second-order valence-corrected chi connectivity index (χ2v) is 6.03. The molecule has 0 radical (unpaired) electrons. The zero-order chi connectivity index (χ0) is 17.9. The molecule has 2 aromatic carbocycles. The normalized spacial score (nSPS) is 16.4. The van der Waals surface area contributed by atoms with Crippen molar-refractivity contribution in [1.29, 1.82) is 0 Å². The number of furan rings is 1. The van der Waals surface area contributed by atoms with Gasteiger partial charge in [-0.15, -0.1) is 0 Å². The van der Waals surface area contributed by atoms with E-state index in [0.717, 1.165) is 22.6 Å². The second kappa shape index (κ2) is 6.88. The molecule has 1 aliphatic heterocycles. The van der Waals surface area contributed by atoms with Gasteiger partial charge < -0.3 is 9.15 Å². The predicted molar refractivity (Wildman–Crippen MR) is 98.2 cm³/mol. The molecular weight excluding hydrogens is 328 g/mol. The average molecular weight is 346 g/mol. The zero-order valence-corrected chi connectivity index (χ0v) is 14.3. The van der Waals surface area contributed by atoms with Gasteiger partial charge in [0.15, 0.2) is 5.76 Å². The van der Waals surface area contributed by atoms with E-state index in [2.05, 4.69) is 5.10 Å². The van der Waals surface area contributed by atoms with Crippen LogP contribution in [0.3, 0.4) is 0 Å². The van der Waals surface area contributed by atoms with Crippen LogP contribution in [0.5, 0.6) is 5.75 Å². The van der Waals surface area contributed by atoms with Gasteiger partial charge >= 0.3 is 5.91 Å². The van der Waals surface area contributed by atoms with Gasteiger partial charge in [-0.2, -0.15) is 5.10 Å². The lowest BCUT2D eigenvalue weighted by atomic mass is 9.98. The highest BCUT2D eigenvalue weighted by Crippen LogP contribution is 2.34. The van der Waals surface area contributed by atoms with Gasteiger partial charge in [0, 0.05) is 6.42 Å². The zero-order valence-electron chi connectivity index (χ0n) is 14.3. The molecule has 0 aliphatic carbocycles. The van der Waals surface area contributed by atoms with E-state index < -0.39 is 0 Å². The third kappa shape index (κ3) is 2.99. The first kappa shape index (κ1) is 16.1. The van der Waals surface area contributed by atoms with Crippen LogP contribution in [0.15, 0.2) is 82.5 Å². The summed E-state index contributed by atoms with van der Waals surface area (Å²) in [4.78, 5) is 12.9. The fraction of sp³-hybridized carbons (Fsp3) is 0.143. The summed E-state index contributed by atoms with van der Waals surface area (Å²) < 4.78 is 10.5. The predicted octanol–water partition coefficient (Wildman–Crippen LogP) is 4.28. The number of ether oxygens (including phenoxy) is 1. The SMILES string of the molecule is COc1ccc(C2CC(c3ccccc3)=NN2C(=O)c2ccco2)cc1. The highest BCUT2D eigenvalue weighted by atomic mass is 16.5. The van der Waals surface area contributed by atoms with Crippen LogP contribution in [0.25, 0.3) is 0 Å². The number of hydrazone groups is 1. The fourth-order valence-corrected chi connectivity index (χ4v) is 3.10. The maximum Gasteiger partial charge on any atom is 0.310 e. The summed E-state index contributed by atoms with van der Waals surface area (Å²) in [6, 6.07) is 20.8. The molecule has 130 valence electrons. The van der Waals surface area contributed by atoms with Gasteiger partial charge in [-0.25, -0.2) is 5.01 Å². The molecule has 2 heterocycles. The maximum atomic E-state index is 12.9. The van der Waals surface area contributed by atoms with Gasteiger partial charge in [-0.05, 0) is 35.4 Å². The Bertz CT molecular complexity index is 916. The molecule has 1 amide bonds. The van der Waals surface area contributed by atoms with Crippen LogP contribution in [0, 0.1) is 0 Å². The van der Waals surface area contributed by atoms with E-state index in [4.69, 9.17) is 9.15 Å². The Hall–Kier alpha value is -3.34. The van der Waals surface area contributed by atoms with Crippen molar-refractivity contribution >= 4 is 11.6 Å². The van der Waals surface area contributed by atoms with Crippen LogP contribution in [-0.2, 0) is 0 Å². The summed E-state index contributed by atoms with van der Waals surface area (Å²) in [7, 11) is 1.63. The summed E-state index contributed by atoms with van der Waals surface area (Å²) in [5.74, 6) is 0.809. The van der Waals surface area contributed by atoms with E-state index in [1.165, 1.54) is 11.3 Å². The van der Waals surface area contributed by atoms with E-state index in [0.29, 0.717) is 6.42 Å². The van der Waals surface area contributed by atoms with Crippen molar-refractivity contribution in [2.24, 2.45) is 5.10 Å². The molecule has 1 aliphatic rings. The van der Waals surface area contributed by atoms with E-state index in [-0.39, 0.29) is 17.7 Å². The fourth-order valence-electron chi connectivity index (χ4n) is 3.10. The Morgan fingerprint density at radius 2 is 1.85 bits per heavy atom. The second-order valence-electron chi connectivity index (χ2n) is 6.03. The molecule has 1 atom stereocenters. The number of carbonyl (C=O) groups is 1. The molecule has 4 rings (SSSR count). The van der Waals surface area contributed by atoms with E-state index in [1.54, 1.807) is 19.2 Å². The van der Waals surface area contributed by atoms with Crippen LogP contribution < -0.4 is 4.74 Å². The number of hydrogen-bond acceptors (Lipinski definition) is 4. The van der Waals surface area contributed by atoms with Gasteiger partial charge in [-0.1, -0.05) is 42.5 Å². The average Bonchev–Trinajstić information content (AvgIpc) is 3.38. The number of rotatable bonds is 4. The lowest BCUT2D eigenvalue weighted by Gasteiger charge is -2.21. The molecule has 1 unspecified atom stereocenters. The van der Waals surface area contributed by atoms with Gasteiger partial charge in [0.25, 0.3) is 0 Å². The van der Waals surface area contributed by atoms with Crippen molar-refractivity contribution in [1.82, 2.24) is 5.01 Å². The van der Waals surface area contributed by atoms with Crippen molar-refractivity contribution in [3.63, 3.8) is 0 Å². The van der Waals surface area contributed by atoms with Gasteiger partial charge in [0.1, 0.15) is 5.75 Å². The Labute approximate surface area is 151 Å². The minimum atomic E-state index is -0.248. The topological polar surface area (TPSA) is 55.0 Å². The molecule has 1 aromatic heterocycles. The molecular formula is C21H18N2O3. The molecule has 0 fully saturated rings. The first-order valence-electron chi connectivity index (χ1n) is 8.40. The highest BCUT2D eigenvalue weighted by molar-refractivity contribution is 6.04. The molecule has 0 saturated carbocycles. The quantitative estimate of drug-likeness (QED) is 0.708. The summed E-state index contributed by atoms with van der Waals surface area (Å²) in [6.07, 6.45) is 2.14. The Morgan fingerprint density at radius 3 is 2.50 bits per heavy atom. The smallest absolute Gasteiger partial charge is 0.310 e. The standard InChI is InChI=1S/C21H18N2O3/c1-25-17-11-9-16(10-12-17)19-14-18(15-6-3-2-4-7-15)22-23(19)21(24)20-8-5-13-26-20/h2-13,19H,14H2,1H3. The first-order valence-corrected chi connectivity index (χ1v) is 8.40. The van der Waals surface area contributed by atoms with Crippen molar-refractivity contribution in [2.45, 2.75) is 12.5 Å². The van der Waals surface area contributed by atoms with Crippen molar-refractivity contribution in [3.05, 3.63) is 89.9 Å². The van der Waals surface area contributed by atoms with Crippen molar-refractivity contribution in [2.75, 3.05) is 7.11 Å². The van der Waals surface area contributed by atoms with Crippen molar-refractivity contribution < 1.29 is 13.9 Å². The van der Waals surface area contributed by atoms with Crippen LogP contribution in [-0.4, -0.2) is 23.7 Å². The van der Waals surface area contributed by atoms with Crippen molar-refractivity contribution in [3.8, 4) is 5.75 Å². The van der Waals surface area contributed by atoms with E-state index in [9.17, 15) is 4.79 Å². The molecule has 0 spiro atoms. The van der Waals surface area contributed by atoms with Gasteiger partial charge in [0.2, 0.25) is 0 Å².